The highest BCUT2D eigenvalue weighted by Crippen LogP contribution is 2.27. The largest absolute Gasteiger partial charge is 0.463 e. The highest BCUT2D eigenvalue weighted by molar-refractivity contribution is 7.09. The minimum Gasteiger partial charge on any atom is -0.463 e. The number of amides is 2. The van der Waals surface area contributed by atoms with E-state index >= 15 is 0 Å². The predicted octanol–water partition coefficient (Wildman–Crippen LogP) is 2.71. The molecule has 0 aliphatic carbocycles. The summed E-state index contributed by atoms with van der Waals surface area (Å²) in [6, 6.07) is 12.6. The molecule has 0 radical (unpaired) electrons. The molecule has 2 heterocycles. The molecule has 0 saturated carbocycles. The first-order valence-corrected chi connectivity index (χ1v) is 9.32. The Morgan fingerprint density at radius 2 is 2.00 bits per heavy atom. The van der Waals surface area contributed by atoms with Gasteiger partial charge >= 0.3 is 12.0 Å². The van der Waals surface area contributed by atoms with Gasteiger partial charge in [0.25, 0.3) is 0 Å². The van der Waals surface area contributed by atoms with Crippen molar-refractivity contribution < 1.29 is 14.3 Å². The normalized spacial score (nSPS) is 16.8. The van der Waals surface area contributed by atoms with Gasteiger partial charge in [-0.1, -0.05) is 36.4 Å². The fraction of sp³-hybridized carbons (Fsp3) is 0.263. The molecule has 2 amide bonds. The lowest BCUT2D eigenvalue weighted by molar-refractivity contribution is -0.139. The second kappa shape index (κ2) is 8.64. The zero-order valence-electron chi connectivity index (χ0n) is 14.5. The van der Waals surface area contributed by atoms with E-state index in [9.17, 15) is 9.59 Å². The van der Waals surface area contributed by atoms with E-state index in [-0.39, 0.29) is 12.6 Å². The average molecular weight is 371 g/mol. The SMILES string of the molecule is CCOC(=O)C1=C(CNCc2cccs2)NC(=O)N[C@H]1c1ccccc1. The van der Waals surface area contributed by atoms with Crippen LogP contribution in [-0.2, 0) is 16.1 Å². The molecule has 1 aliphatic rings. The van der Waals surface area contributed by atoms with Crippen LogP contribution in [0.1, 0.15) is 23.4 Å². The van der Waals surface area contributed by atoms with Crippen molar-refractivity contribution in [2.24, 2.45) is 0 Å². The van der Waals surface area contributed by atoms with Crippen molar-refractivity contribution in [1.82, 2.24) is 16.0 Å². The molecule has 3 N–H and O–H groups in total. The molecule has 1 aromatic heterocycles. The second-order valence-corrected chi connectivity index (χ2v) is 6.77. The van der Waals surface area contributed by atoms with Crippen LogP contribution in [0, 0.1) is 0 Å². The van der Waals surface area contributed by atoms with E-state index in [1.54, 1.807) is 18.3 Å². The third-order valence-electron chi connectivity index (χ3n) is 3.96. The van der Waals surface area contributed by atoms with Crippen LogP contribution >= 0.6 is 11.3 Å². The van der Waals surface area contributed by atoms with Gasteiger partial charge in [-0.25, -0.2) is 9.59 Å². The molecular formula is C19H21N3O3S. The maximum absolute atomic E-state index is 12.6. The first kappa shape index (κ1) is 18.2. The van der Waals surface area contributed by atoms with Gasteiger partial charge in [-0.15, -0.1) is 11.3 Å². The summed E-state index contributed by atoms with van der Waals surface area (Å²) in [7, 11) is 0. The minimum atomic E-state index is -0.539. The summed E-state index contributed by atoms with van der Waals surface area (Å²) in [5, 5.41) is 10.9. The van der Waals surface area contributed by atoms with Crippen LogP contribution in [0.25, 0.3) is 0 Å². The standard InChI is InChI=1S/C19H21N3O3S/c1-2-25-18(23)16-15(12-20-11-14-9-6-10-26-14)21-19(24)22-17(16)13-7-4-3-5-8-13/h3-10,17,20H,2,11-12H2,1H3,(H2,21,22,24)/t17-/m0/s1. The fourth-order valence-electron chi connectivity index (χ4n) is 2.83. The molecule has 136 valence electrons. The van der Waals surface area contributed by atoms with Crippen LogP contribution < -0.4 is 16.0 Å². The summed E-state index contributed by atoms with van der Waals surface area (Å²) >= 11 is 1.65. The molecular weight excluding hydrogens is 350 g/mol. The topological polar surface area (TPSA) is 79.5 Å². The van der Waals surface area contributed by atoms with Crippen LogP contribution in [0.4, 0.5) is 4.79 Å². The van der Waals surface area contributed by atoms with Crippen LogP contribution in [-0.4, -0.2) is 25.2 Å². The molecule has 1 aliphatic heterocycles. The third kappa shape index (κ3) is 4.30. The Labute approximate surface area is 156 Å². The highest BCUT2D eigenvalue weighted by Gasteiger charge is 2.33. The number of carbonyl (C=O) groups is 2. The van der Waals surface area contributed by atoms with Gasteiger partial charge in [0.1, 0.15) is 0 Å². The molecule has 7 heteroatoms. The van der Waals surface area contributed by atoms with Crippen LogP contribution in [0.15, 0.2) is 59.1 Å². The van der Waals surface area contributed by atoms with Crippen molar-refractivity contribution in [1.29, 1.82) is 0 Å². The van der Waals surface area contributed by atoms with Gasteiger partial charge in [-0.3, -0.25) is 0 Å². The summed E-state index contributed by atoms with van der Waals surface area (Å²) in [5.74, 6) is -0.429. The van der Waals surface area contributed by atoms with E-state index < -0.39 is 12.0 Å². The summed E-state index contributed by atoms with van der Waals surface area (Å²) in [5.41, 5.74) is 1.80. The van der Waals surface area contributed by atoms with Crippen molar-refractivity contribution in [3.05, 3.63) is 69.6 Å². The third-order valence-corrected chi connectivity index (χ3v) is 4.84. The lowest BCUT2D eigenvalue weighted by Gasteiger charge is -2.29. The van der Waals surface area contributed by atoms with Gasteiger partial charge in [-0.05, 0) is 23.9 Å². The number of hydrogen-bond donors (Lipinski definition) is 3. The summed E-state index contributed by atoms with van der Waals surface area (Å²) < 4.78 is 5.24. The van der Waals surface area contributed by atoms with E-state index in [4.69, 9.17) is 4.74 Å². The molecule has 0 fully saturated rings. The Kier molecular flexibility index (Phi) is 6.04. The van der Waals surface area contributed by atoms with Gasteiger partial charge in [0.05, 0.1) is 18.2 Å². The number of urea groups is 1. The lowest BCUT2D eigenvalue weighted by atomic mass is 9.95. The summed E-state index contributed by atoms with van der Waals surface area (Å²) in [6.45, 7) is 3.06. The molecule has 0 unspecified atom stereocenters. The van der Waals surface area contributed by atoms with Crippen molar-refractivity contribution in [3.8, 4) is 0 Å². The van der Waals surface area contributed by atoms with Gasteiger partial charge in [0.15, 0.2) is 0 Å². The first-order chi connectivity index (χ1) is 12.7. The molecule has 0 spiro atoms. The number of ether oxygens (including phenoxy) is 1. The number of carbonyl (C=O) groups excluding carboxylic acids is 2. The van der Waals surface area contributed by atoms with Crippen molar-refractivity contribution in [2.45, 2.75) is 19.5 Å². The minimum absolute atomic E-state index is 0.272. The molecule has 2 aromatic rings. The predicted molar refractivity (Wildman–Crippen MR) is 101 cm³/mol. The summed E-state index contributed by atoms with van der Waals surface area (Å²) in [4.78, 5) is 25.9. The van der Waals surface area contributed by atoms with Crippen LogP contribution in [0.2, 0.25) is 0 Å². The Morgan fingerprint density at radius 3 is 2.69 bits per heavy atom. The number of nitrogens with one attached hydrogen (secondary N) is 3. The zero-order chi connectivity index (χ0) is 18.4. The van der Waals surface area contributed by atoms with E-state index in [0.717, 1.165) is 5.56 Å². The highest BCUT2D eigenvalue weighted by atomic mass is 32.1. The molecule has 26 heavy (non-hydrogen) atoms. The molecule has 0 bridgehead atoms. The van der Waals surface area contributed by atoms with E-state index in [1.165, 1.54) is 4.88 Å². The van der Waals surface area contributed by atoms with Crippen molar-refractivity contribution in [2.75, 3.05) is 13.2 Å². The molecule has 0 saturated heterocycles. The van der Waals surface area contributed by atoms with Crippen LogP contribution in [0.3, 0.4) is 0 Å². The van der Waals surface area contributed by atoms with E-state index in [0.29, 0.717) is 24.4 Å². The average Bonchev–Trinajstić information content (AvgIpc) is 3.15. The van der Waals surface area contributed by atoms with E-state index in [1.807, 2.05) is 47.8 Å². The first-order valence-electron chi connectivity index (χ1n) is 8.44. The molecule has 1 atom stereocenters. The van der Waals surface area contributed by atoms with Crippen LogP contribution in [0.5, 0.6) is 0 Å². The Hall–Kier alpha value is -2.64. The quantitative estimate of drug-likeness (QED) is 0.654. The van der Waals surface area contributed by atoms with E-state index in [2.05, 4.69) is 16.0 Å². The number of hydrogen-bond acceptors (Lipinski definition) is 5. The monoisotopic (exact) mass is 371 g/mol. The Balaban J connectivity index is 1.87. The maximum Gasteiger partial charge on any atom is 0.338 e. The molecule has 1 aromatic carbocycles. The zero-order valence-corrected chi connectivity index (χ0v) is 15.3. The second-order valence-electron chi connectivity index (χ2n) is 5.74. The smallest absolute Gasteiger partial charge is 0.338 e. The van der Waals surface area contributed by atoms with Gasteiger partial charge in [-0.2, -0.15) is 0 Å². The number of thiophene rings is 1. The number of esters is 1. The number of rotatable bonds is 7. The Bertz CT molecular complexity index is 788. The molecule has 3 rings (SSSR count). The van der Waals surface area contributed by atoms with Gasteiger partial charge in [0, 0.05) is 23.7 Å². The Morgan fingerprint density at radius 1 is 1.19 bits per heavy atom. The number of benzene rings is 1. The van der Waals surface area contributed by atoms with Crippen molar-refractivity contribution >= 4 is 23.3 Å². The van der Waals surface area contributed by atoms with Gasteiger partial charge < -0.3 is 20.7 Å². The van der Waals surface area contributed by atoms with Gasteiger partial charge in [0.2, 0.25) is 0 Å². The lowest BCUT2D eigenvalue weighted by Crippen LogP contribution is -2.48. The molecule has 6 nitrogen and oxygen atoms in total. The summed E-state index contributed by atoms with van der Waals surface area (Å²) in [6.07, 6.45) is 0. The fourth-order valence-corrected chi connectivity index (χ4v) is 3.50. The van der Waals surface area contributed by atoms with Crippen molar-refractivity contribution in [3.63, 3.8) is 0 Å². The maximum atomic E-state index is 12.6.